The van der Waals surface area contributed by atoms with Gasteiger partial charge in [0.25, 0.3) is 0 Å². The van der Waals surface area contributed by atoms with Crippen molar-refractivity contribution in [3.8, 4) is 22.3 Å². The maximum atomic E-state index is 6.89. The molecule has 0 atom stereocenters. The number of hydrogen-bond acceptors (Lipinski definition) is 0. The summed E-state index contributed by atoms with van der Waals surface area (Å²) < 4.78 is 0. The maximum absolute atomic E-state index is 6.89. The largest absolute Gasteiger partial charge is 0.113 e. The predicted octanol–water partition coefficient (Wildman–Crippen LogP) is -0.0162. The van der Waals surface area contributed by atoms with Crippen LogP contribution in [-0.2, 0) is 0 Å². The van der Waals surface area contributed by atoms with Crippen LogP contribution in [0.3, 0.4) is 0 Å². The van der Waals surface area contributed by atoms with Gasteiger partial charge in [0.1, 0.15) is 62.8 Å². The van der Waals surface area contributed by atoms with Gasteiger partial charge in [0.15, 0.2) is 0 Å². The first kappa shape index (κ1) is 27.0. The molecule has 0 nitrogen and oxygen atoms in total. The van der Waals surface area contributed by atoms with E-state index in [1.54, 1.807) is 0 Å². The molecule has 16 radical (unpaired) electrons. The quantitative estimate of drug-likeness (QED) is 0.175. The van der Waals surface area contributed by atoms with Crippen LogP contribution >= 0.6 is 0 Å². The van der Waals surface area contributed by atoms with E-state index in [-0.39, 0.29) is 43.7 Å². The summed E-state index contributed by atoms with van der Waals surface area (Å²) in [5, 5.41) is 6.63. The highest BCUT2D eigenvalue weighted by atomic mass is 14.3. The minimum atomic E-state index is 0.194. The van der Waals surface area contributed by atoms with E-state index >= 15 is 0 Å². The van der Waals surface area contributed by atoms with Gasteiger partial charge in [-0.3, -0.25) is 0 Å². The van der Waals surface area contributed by atoms with E-state index in [2.05, 4.69) is 30.3 Å². The molecular weight excluding hydrogens is 495 g/mol. The Morgan fingerprint density at radius 1 is 0.333 bits per heavy atom. The lowest BCUT2D eigenvalue weighted by Crippen LogP contribution is -2.50. The van der Waals surface area contributed by atoms with Gasteiger partial charge in [-0.2, -0.15) is 0 Å². The number of benzene rings is 7. The van der Waals surface area contributed by atoms with Gasteiger partial charge in [0.2, 0.25) is 0 Å². The van der Waals surface area contributed by atoms with Crippen LogP contribution in [0.15, 0.2) is 84.9 Å². The summed E-state index contributed by atoms with van der Waals surface area (Å²) in [7, 11) is 53.5. The fourth-order valence-electron chi connectivity index (χ4n) is 6.37. The van der Waals surface area contributed by atoms with Gasteiger partial charge in [-0.25, -0.2) is 0 Å². The summed E-state index contributed by atoms with van der Waals surface area (Å²) in [6.45, 7) is 0. The van der Waals surface area contributed by atoms with Crippen molar-refractivity contribution < 1.29 is 0 Å². The molecule has 7 rings (SSSR count). The Morgan fingerprint density at radius 2 is 0.738 bits per heavy atom. The second-order valence-corrected chi connectivity index (χ2v) is 10.6. The summed E-state index contributed by atoms with van der Waals surface area (Å²) in [6.07, 6.45) is 0. The monoisotopic (exact) mass is 510 g/mol. The summed E-state index contributed by atoms with van der Waals surface area (Å²) in [5.41, 5.74) is 5.02. The van der Waals surface area contributed by atoms with Crippen LogP contribution in [0.5, 0.6) is 0 Å². The van der Waals surface area contributed by atoms with Crippen molar-refractivity contribution in [2.45, 2.75) is 0 Å². The first-order valence-corrected chi connectivity index (χ1v) is 13.5. The molecule has 0 N–H and O–H groups in total. The minimum Gasteiger partial charge on any atom is -0.110 e. The number of fused-ring (bicyclic) bond motifs is 5. The molecule has 174 valence electrons. The second kappa shape index (κ2) is 9.84. The van der Waals surface area contributed by atoms with Crippen LogP contribution in [0.4, 0.5) is 0 Å². The van der Waals surface area contributed by atoms with Gasteiger partial charge < -0.3 is 0 Å². The molecule has 0 spiro atoms. The lowest BCUT2D eigenvalue weighted by atomic mass is 9.59. The third-order valence-corrected chi connectivity index (χ3v) is 8.42. The van der Waals surface area contributed by atoms with Crippen LogP contribution < -0.4 is 43.7 Å². The predicted molar refractivity (Wildman–Crippen MR) is 190 cm³/mol. The Kier molecular flexibility index (Phi) is 6.32. The molecule has 0 aliphatic heterocycles. The molecule has 7 aromatic rings. The first-order valence-electron chi connectivity index (χ1n) is 13.5. The SMILES string of the molecule is [B]c1c([B])c([B])c2c(-c3cc4ccccc4c4ccccc34)c3c([B])c([B])c([B])c([B])c3c(-c3ccccc3)c2c1[B]. The fraction of sp³-hybridized carbons (Fsp3) is 0. The zero-order chi connectivity index (χ0) is 29.4. The molecule has 0 bridgehead atoms. The Balaban J connectivity index is 1.89. The van der Waals surface area contributed by atoms with Crippen LogP contribution in [-0.4, -0.2) is 62.8 Å². The Labute approximate surface area is 255 Å². The lowest BCUT2D eigenvalue weighted by Gasteiger charge is -2.29. The van der Waals surface area contributed by atoms with Gasteiger partial charge in [0, 0.05) is 0 Å². The van der Waals surface area contributed by atoms with Crippen molar-refractivity contribution in [2.75, 3.05) is 0 Å². The van der Waals surface area contributed by atoms with Crippen LogP contribution in [0.25, 0.3) is 65.3 Å². The van der Waals surface area contributed by atoms with E-state index in [4.69, 9.17) is 62.8 Å². The third kappa shape index (κ3) is 3.67. The standard InChI is InChI=1S/C34H14B8/c35-27-23-21(15-8-2-1-3-9-15)24-26(30(38)34(42)32(40)28(24)36)22(25(23)29(37)33(41)31(27)39)20-14-16-10-4-5-11-17(16)18-12-6-7-13-19(18)20/h1-14H. The normalized spacial score (nSPS) is 11.6. The highest BCUT2D eigenvalue weighted by molar-refractivity contribution is 6.71. The first-order chi connectivity index (χ1) is 20.2. The smallest absolute Gasteiger partial charge is 0.110 e. The zero-order valence-electron chi connectivity index (χ0n) is 22.7. The van der Waals surface area contributed by atoms with E-state index in [9.17, 15) is 0 Å². The average Bonchev–Trinajstić information content (AvgIpc) is 3.03. The molecule has 0 saturated carbocycles. The molecular formula is C34H14B8. The topological polar surface area (TPSA) is 0 Å². The highest BCUT2D eigenvalue weighted by Gasteiger charge is 2.25. The molecule has 0 heterocycles. The maximum Gasteiger partial charge on any atom is 0.113 e. The van der Waals surface area contributed by atoms with Crippen molar-refractivity contribution in [2.24, 2.45) is 0 Å². The Bertz CT molecular complexity index is 2190. The number of rotatable bonds is 2. The molecule has 8 heteroatoms. The molecule has 0 aliphatic rings. The zero-order valence-corrected chi connectivity index (χ0v) is 22.7. The molecule has 0 aromatic heterocycles. The molecule has 0 amide bonds. The van der Waals surface area contributed by atoms with Crippen molar-refractivity contribution in [1.82, 2.24) is 0 Å². The van der Waals surface area contributed by atoms with Gasteiger partial charge in [-0.05, 0) is 71.4 Å². The summed E-state index contributed by atoms with van der Waals surface area (Å²) >= 11 is 0. The van der Waals surface area contributed by atoms with Gasteiger partial charge in [-0.1, -0.05) is 101 Å². The van der Waals surface area contributed by atoms with Gasteiger partial charge in [0.05, 0.1) is 0 Å². The van der Waals surface area contributed by atoms with Crippen LogP contribution in [0.1, 0.15) is 0 Å². The van der Waals surface area contributed by atoms with E-state index < -0.39 is 0 Å². The van der Waals surface area contributed by atoms with E-state index in [0.29, 0.717) is 32.7 Å². The van der Waals surface area contributed by atoms with E-state index in [0.717, 1.165) is 32.7 Å². The number of hydrogen-bond donors (Lipinski definition) is 0. The van der Waals surface area contributed by atoms with Crippen molar-refractivity contribution in [3.05, 3.63) is 84.9 Å². The van der Waals surface area contributed by atoms with Crippen molar-refractivity contribution in [3.63, 3.8) is 0 Å². The summed E-state index contributed by atoms with van der Waals surface area (Å²) in [6, 6.07) is 28.2. The molecule has 42 heavy (non-hydrogen) atoms. The molecule has 0 unspecified atom stereocenters. The molecule has 0 saturated heterocycles. The highest BCUT2D eigenvalue weighted by Crippen LogP contribution is 2.44. The van der Waals surface area contributed by atoms with E-state index in [1.807, 2.05) is 54.6 Å². The van der Waals surface area contributed by atoms with Gasteiger partial charge in [-0.15, -0.1) is 21.9 Å². The molecule has 7 aromatic carbocycles. The van der Waals surface area contributed by atoms with E-state index in [1.165, 1.54) is 0 Å². The van der Waals surface area contributed by atoms with Crippen LogP contribution in [0, 0.1) is 0 Å². The molecule has 0 fully saturated rings. The fourth-order valence-corrected chi connectivity index (χ4v) is 6.37. The van der Waals surface area contributed by atoms with Crippen LogP contribution in [0.2, 0.25) is 0 Å². The Morgan fingerprint density at radius 3 is 1.26 bits per heavy atom. The lowest BCUT2D eigenvalue weighted by molar-refractivity contribution is 1.69. The minimum absolute atomic E-state index is 0.194. The third-order valence-electron chi connectivity index (χ3n) is 8.42. The summed E-state index contributed by atoms with van der Waals surface area (Å²) in [5.74, 6) is 0. The van der Waals surface area contributed by atoms with Crippen molar-refractivity contribution >= 4 is 150 Å². The second-order valence-electron chi connectivity index (χ2n) is 10.6. The molecule has 0 aliphatic carbocycles. The summed E-state index contributed by atoms with van der Waals surface area (Å²) in [4.78, 5) is 0. The average molecular weight is 509 g/mol. The van der Waals surface area contributed by atoms with Gasteiger partial charge >= 0.3 is 0 Å². The Hall–Kier alpha value is -3.90. The van der Waals surface area contributed by atoms with Crippen molar-refractivity contribution in [1.29, 1.82) is 0 Å².